The number of allylic oxidation sites excluding steroid dienone is 4. The van der Waals surface area contributed by atoms with Crippen LogP contribution in [0.3, 0.4) is 0 Å². The number of anilines is 4. The number of nitrogens with zero attached hydrogens (tertiary/aromatic N) is 11. The first-order valence-electron chi connectivity index (χ1n) is 39.4. The summed E-state index contributed by atoms with van der Waals surface area (Å²) in [6.45, 7) is 12.8. The van der Waals surface area contributed by atoms with Crippen LogP contribution >= 0.6 is 11.3 Å². The highest BCUT2D eigenvalue weighted by Crippen LogP contribution is 2.27. The predicted octanol–water partition coefficient (Wildman–Crippen LogP) is 12.6. The van der Waals surface area contributed by atoms with Crippen molar-refractivity contribution in [1.29, 1.82) is 0 Å². The lowest BCUT2D eigenvalue weighted by atomic mass is 9.98. The van der Waals surface area contributed by atoms with Crippen molar-refractivity contribution in [3.63, 3.8) is 0 Å². The summed E-state index contributed by atoms with van der Waals surface area (Å²) >= 11 is 1.65. The number of likely N-dealkylation sites (N-methyl/N-ethyl adjacent to an activating group) is 4. The first-order valence-corrected chi connectivity index (χ1v) is 40.2. The van der Waals surface area contributed by atoms with Crippen LogP contribution in [0, 0.1) is 37.8 Å². The fraction of sp³-hybridized carbons (Fsp3) is 0.356. The van der Waals surface area contributed by atoms with Crippen molar-refractivity contribution in [2.24, 2.45) is 0 Å². The Labute approximate surface area is 689 Å². The average molecular weight is 1610 g/mol. The molecule has 0 saturated carbocycles. The Hall–Kier alpha value is -11.9. The lowest BCUT2D eigenvalue weighted by Crippen LogP contribution is -2.37. The maximum atomic E-state index is 12.3. The quantitative estimate of drug-likeness (QED) is 0.0135. The van der Waals surface area contributed by atoms with Gasteiger partial charge < -0.3 is 45.6 Å². The van der Waals surface area contributed by atoms with Gasteiger partial charge in [0.2, 0.25) is 29.7 Å². The number of methoxy groups -OCH3 is 1. The molecule has 5 atom stereocenters. The Morgan fingerprint density at radius 2 is 0.855 bits per heavy atom. The second kappa shape index (κ2) is 44.8. The van der Waals surface area contributed by atoms with Gasteiger partial charge in [-0.3, -0.25) is 49.2 Å². The van der Waals surface area contributed by atoms with E-state index in [1.807, 2.05) is 77.3 Å². The molecule has 12 rings (SSSR count). The molecule has 0 spiro atoms. The SMILES string of the molecule is CC(CC1=CCC=C1)c1cc(=O)[nH]c(NCC(Cc2ccccc2)N(C)C)n1.CN(C)C(CNc1nc(Cc2ccccc2[N+](=O)[O-])cc(=O)[nH]1)Cc1ccccc1.COc1cc(C)c(Cc2cc(=O)[nH]c(NCC(Cc3ccccc3)N(C)C)n2)c(C)n1.Cc1nc(Cc2cc(=O)[nH]c(NCC(Cc3ccccc3)N(C)C)n2)sc1C. The number of nitro benzene ring substituents is 1. The largest absolute Gasteiger partial charge is 0.481 e. The molecule has 5 unspecified atom stereocenters. The first-order chi connectivity index (χ1) is 56.2. The van der Waals surface area contributed by atoms with Crippen LogP contribution in [-0.4, -0.2) is 188 Å². The summed E-state index contributed by atoms with van der Waals surface area (Å²) in [4.78, 5) is 108. The molecule has 1 aliphatic rings. The van der Waals surface area contributed by atoms with Crippen molar-refractivity contribution in [2.75, 3.05) is 111 Å². The summed E-state index contributed by atoms with van der Waals surface area (Å²) < 4.78 is 5.24. The molecule has 0 radical (unpaired) electrons. The zero-order chi connectivity index (χ0) is 83.9. The Balaban J connectivity index is 0.000000178. The van der Waals surface area contributed by atoms with Crippen LogP contribution in [0.2, 0.25) is 0 Å². The smallest absolute Gasteiger partial charge is 0.272 e. The van der Waals surface area contributed by atoms with Crippen molar-refractivity contribution < 1.29 is 9.66 Å². The van der Waals surface area contributed by atoms with Crippen LogP contribution in [0.15, 0.2) is 219 Å². The molecule has 1 aliphatic carbocycles. The normalized spacial score (nSPS) is 12.9. The molecule has 117 heavy (non-hydrogen) atoms. The van der Waals surface area contributed by atoms with Gasteiger partial charge in [-0.2, -0.15) is 0 Å². The maximum Gasteiger partial charge on any atom is 0.272 e. The number of nitrogens with one attached hydrogen (secondary N) is 8. The summed E-state index contributed by atoms with van der Waals surface area (Å²) in [5.41, 5.74) is 13.0. The maximum absolute atomic E-state index is 12.3. The predicted molar refractivity (Wildman–Crippen MR) is 472 cm³/mol. The van der Waals surface area contributed by atoms with Crippen molar-refractivity contribution in [3.8, 4) is 5.88 Å². The zero-order valence-electron chi connectivity index (χ0n) is 69.7. The molecule has 0 amide bonds. The van der Waals surface area contributed by atoms with Gasteiger partial charge in [0.05, 0.1) is 45.5 Å². The van der Waals surface area contributed by atoms with E-state index in [0.717, 1.165) is 77.4 Å². The van der Waals surface area contributed by atoms with Gasteiger partial charge in [0.15, 0.2) is 0 Å². The molecule has 8 N–H and O–H groups in total. The monoisotopic (exact) mass is 1600 g/mol. The van der Waals surface area contributed by atoms with E-state index in [9.17, 15) is 29.3 Å². The summed E-state index contributed by atoms with van der Waals surface area (Å²) in [5.74, 6) is 2.69. The van der Waals surface area contributed by atoms with Crippen LogP contribution < -0.4 is 48.2 Å². The van der Waals surface area contributed by atoms with E-state index in [4.69, 9.17) is 4.74 Å². The third-order valence-electron chi connectivity index (χ3n) is 20.3. The van der Waals surface area contributed by atoms with Crippen LogP contribution in [0.1, 0.15) is 109 Å². The topological polar surface area (TPSA) is 322 Å². The lowest BCUT2D eigenvalue weighted by molar-refractivity contribution is -0.385. The van der Waals surface area contributed by atoms with E-state index in [2.05, 4.69) is 250 Å². The molecule has 6 heterocycles. The molecule has 0 aliphatic heterocycles. The number of ether oxygens (including phenoxy) is 1. The summed E-state index contributed by atoms with van der Waals surface area (Å²) in [6, 6.07) is 56.9. The number of benzene rings is 5. The third kappa shape index (κ3) is 29.4. The van der Waals surface area contributed by atoms with Gasteiger partial charge in [0.1, 0.15) is 0 Å². The molecule has 5 aromatic carbocycles. The highest BCUT2D eigenvalue weighted by atomic mass is 32.1. The minimum Gasteiger partial charge on any atom is -0.481 e. The summed E-state index contributed by atoms with van der Waals surface area (Å²) in [5, 5.41) is 25.4. The number of hydrogen-bond donors (Lipinski definition) is 8. The summed E-state index contributed by atoms with van der Waals surface area (Å²) in [7, 11) is 18.0. The molecule has 26 nitrogen and oxygen atoms in total. The fourth-order valence-electron chi connectivity index (χ4n) is 13.3. The summed E-state index contributed by atoms with van der Waals surface area (Å²) in [6.07, 6.45) is 13.4. The van der Waals surface area contributed by atoms with E-state index >= 15 is 0 Å². The minimum atomic E-state index is -0.424. The van der Waals surface area contributed by atoms with Crippen LogP contribution in [0.25, 0.3) is 0 Å². The number of rotatable bonds is 35. The van der Waals surface area contributed by atoms with E-state index in [1.54, 1.807) is 54.8 Å². The van der Waals surface area contributed by atoms with Crippen molar-refractivity contribution in [3.05, 3.63) is 334 Å². The van der Waals surface area contributed by atoms with E-state index in [-0.39, 0.29) is 58.4 Å². The number of aromatic nitrogens is 10. The van der Waals surface area contributed by atoms with Crippen LogP contribution in [0.4, 0.5) is 29.5 Å². The molecular formula is C90H113N19O7S. The minimum absolute atomic E-state index is 0.0182. The number of para-hydroxylation sites is 1. The highest BCUT2D eigenvalue weighted by molar-refractivity contribution is 7.11. The van der Waals surface area contributed by atoms with E-state index < -0.39 is 4.92 Å². The van der Waals surface area contributed by atoms with E-state index in [1.165, 1.54) is 44.8 Å². The highest BCUT2D eigenvalue weighted by Gasteiger charge is 2.21. The Kier molecular flexibility index (Phi) is 34.1. The molecule has 616 valence electrons. The van der Waals surface area contributed by atoms with Gasteiger partial charge in [-0.1, -0.05) is 170 Å². The van der Waals surface area contributed by atoms with Gasteiger partial charge >= 0.3 is 0 Å². The van der Waals surface area contributed by atoms with Gasteiger partial charge in [-0.05, 0) is 156 Å². The number of hydrogen-bond acceptors (Lipinski definition) is 22. The van der Waals surface area contributed by atoms with Crippen molar-refractivity contribution >= 4 is 40.8 Å². The molecular weight excluding hydrogens is 1490 g/mol. The zero-order valence-corrected chi connectivity index (χ0v) is 70.6. The number of nitro groups is 1. The van der Waals surface area contributed by atoms with Crippen molar-refractivity contribution in [2.45, 2.75) is 122 Å². The number of aromatic amines is 4. The van der Waals surface area contributed by atoms with Crippen LogP contribution in [0.5, 0.6) is 5.88 Å². The van der Waals surface area contributed by atoms with Gasteiger partial charge in [0.25, 0.3) is 27.9 Å². The number of H-pyrrole nitrogens is 4. The average Bonchev–Trinajstić information content (AvgIpc) is 1.51. The Morgan fingerprint density at radius 1 is 0.470 bits per heavy atom. The standard InChI is InChI=1S/C24H31N5O2.C23H30N4O.C22H25N5O3.C21H27N5OS/c1-16-11-23(31-5)26-17(2)21(16)13-19-14-22(30)28-24(27-19)25-15-20(29(3)4)12-18-9-7-6-8-10-18;1-17(13-18-11-7-8-12-18)21-15-22(28)26-23(25-21)24-16-20(27(2)3)14-19-9-5-4-6-10-19;1-26(2)19(12-16-8-4-3-5-9-16)15-23-22-24-18(14-21(28)25-22)13-17-10-6-7-11-20(17)27(29)30;1-14-15(2)28-20(23-14)12-17-11-19(27)25-21(24-17)22-13-18(26(3)4)10-16-8-6-5-7-9-16/h6-11,14,20H,12-13,15H2,1-5H3,(H2,25,27,28,30);4-7,9-12,15,17,20H,8,13-14,16H2,1-3H3,(H2,24,25,26,28);3-11,14,19H,12-13,15H2,1-2H3,(H2,23,24,25,28);5-9,11,18H,10,12-13H2,1-4H3,(H2,22,24,25,27). The second-order valence-electron chi connectivity index (χ2n) is 30.3. The molecule has 0 fully saturated rings. The van der Waals surface area contributed by atoms with Gasteiger partial charge in [-0.25, -0.2) is 29.9 Å². The van der Waals surface area contributed by atoms with E-state index in [0.29, 0.717) is 91.7 Å². The second-order valence-corrected chi connectivity index (χ2v) is 31.5. The fourth-order valence-corrected chi connectivity index (χ4v) is 14.3. The number of thiazole rings is 1. The molecule has 0 saturated heterocycles. The molecule has 11 aromatic rings. The Bertz CT molecular complexity index is 5220. The van der Waals surface area contributed by atoms with Crippen LogP contribution in [-0.2, 0) is 44.9 Å². The van der Waals surface area contributed by atoms with Crippen molar-refractivity contribution in [1.82, 2.24) is 69.4 Å². The third-order valence-corrected chi connectivity index (χ3v) is 21.4. The molecule has 6 aromatic heterocycles. The lowest BCUT2D eigenvalue weighted by Gasteiger charge is -2.25. The molecule has 27 heteroatoms. The van der Waals surface area contributed by atoms with Gasteiger partial charge in [-0.15, -0.1) is 11.3 Å². The van der Waals surface area contributed by atoms with Gasteiger partial charge in [0, 0.05) is 128 Å². The number of aryl methyl sites for hydroxylation is 4. The Morgan fingerprint density at radius 3 is 1.22 bits per heavy atom. The number of pyridine rings is 1. The first kappa shape index (κ1) is 89.1. The molecule has 0 bridgehead atoms.